The van der Waals surface area contributed by atoms with Gasteiger partial charge in [0.25, 0.3) is 0 Å². The first-order valence-electron chi connectivity index (χ1n) is 9.97. The van der Waals surface area contributed by atoms with E-state index in [9.17, 15) is 9.59 Å². The number of anilines is 2. The highest BCUT2D eigenvalue weighted by atomic mass is 32.2. The summed E-state index contributed by atoms with van der Waals surface area (Å²) in [7, 11) is 0. The molecule has 0 bridgehead atoms. The van der Waals surface area contributed by atoms with Crippen LogP contribution in [-0.4, -0.2) is 17.6 Å². The van der Waals surface area contributed by atoms with Gasteiger partial charge in [0.1, 0.15) is 5.37 Å². The summed E-state index contributed by atoms with van der Waals surface area (Å²) in [6, 6.07) is 20.0. The number of benzene rings is 2. The second-order valence-corrected chi connectivity index (χ2v) is 9.70. The van der Waals surface area contributed by atoms with E-state index in [0.717, 1.165) is 21.8 Å². The summed E-state index contributed by atoms with van der Waals surface area (Å²) < 4.78 is 0. The van der Waals surface area contributed by atoms with Gasteiger partial charge in [-0.3, -0.25) is 14.5 Å². The van der Waals surface area contributed by atoms with Gasteiger partial charge in [0, 0.05) is 16.3 Å². The molecule has 1 aromatic heterocycles. The molecule has 1 fully saturated rings. The highest BCUT2D eigenvalue weighted by Gasteiger charge is 2.34. The molecule has 0 spiro atoms. The molecule has 2 heterocycles. The smallest absolute Gasteiger partial charge is 0.238 e. The van der Waals surface area contributed by atoms with E-state index in [1.54, 1.807) is 23.1 Å². The molecule has 0 radical (unpaired) electrons. The number of nitrogens with zero attached hydrogens (tertiary/aromatic N) is 1. The van der Waals surface area contributed by atoms with Crippen LogP contribution in [0.15, 0.2) is 66.0 Å². The van der Waals surface area contributed by atoms with Crippen LogP contribution in [0, 0.1) is 0 Å². The van der Waals surface area contributed by atoms with Gasteiger partial charge in [-0.15, -0.1) is 23.1 Å². The Balaban J connectivity index is 1.47. The van der Waals surface area contributed by atoms with Crippen molar-refractivity contribution >= 4 is 46.3 Å². The number of amides is 2. The topological polar surface area (TPSA) is 49.4 Å². The molecule has 1 saturated heterocycles. The molecule has 1 atom stereocenters. The molecular weight excluding hydrogens is 412 g/mol. The number of hydrogen-bond donors (Lipinski definition) is 1. The van der Waals surface area contributed by atoms with Gasteiger partial charge in [-0.2, -0.15) is 0 Å². The van der Waals surface area contributed by atoms with Crippen molar-refractivity contribution in [2.24, 2.45) is 0 Å². The lowest BCUT2D eigenvalue weighted by molar-refractivity contribution is -0.116. The molecule has 0 unspecified atom stereocenters. The van der Waals surface area contributed by atoms with E-state index in [4.69, 9.17) is 0 Å². The maximum absolute atomic E-state index is 12.6. The number of thioether (sulfide) groups is 1. The predicted molar refractivity (Wildman–Crippen MR) is 126 cm³/mol. The van der Waals surface area contributed by atoms with Crippen LogP contribution >= 0.6 is 23.1 Å². The lowest BCUT2D eigenvalue weighted by Gasteiger charge is -2.25. The average Bonchev–Trinajstić information content (AvgIpc) is 3.38. The third-order valence-corrected chi connectivity index (χ3v) is 7.19. The van der Waals surface area contributed by atoms with Crippen LogP contribution in [0.2, 0.25) is 0 Å². The monoisotopic (exact) mass is 436 g/mol. The predicted octanol–water partition coefficient (Wildman–Crippen LogP) is 5.83. The van der Waals surface area contributed by atoms with Gasteiger partial charge >= 0.3 is 0 Å². The first-order chi connectivity index (χ1) is 14.5. The van der Waals surface area contributed by atoms with E-state index >= 15 is 0 Å². The van der Waals surface area contributed by atoms with Crippen LogP contribution in [-0.2, 0) is 16.0 Å². The van der Waals surface area contributed by atoms with Gasteiger partial charge in [0.2, 0.25) is 11.8 Å². The Morgan fingerprint density at radius 1 is 1.10 bits per heavy atom. The van der Waals surface area contributed by atoms with Crippen molar-refractivity contribution in [2.45, 2.75) is 31.6 Å². The molecule has 4 nitrogen and oxygen atoms in total. The molecule has 154 valence electrons. The molecule has 1 aliphatic heterocycles. The van der Waals surface area contributed by atoms with Gasteiger partial charge < -0.3 is 5.32 Å². The van der Waals surface area contributed by atoms with Gasteiger partial charge in [-0.25, -0.2) is 0 Å². The number of nitrogens with one attached hydrogen (secondary N) is 1. The van der Waals surface area contributed by atoms with Crippen LogP contribution in [0.4, 0.5) is 11.4 Å². The lowest BCUT2D eigenvalue weighted by Crippen LogP contribution is -2.27. The maximum atomic E-state index is 12.6. The minimum Gasteiger partial charge on any atom is -0.326 e. The van der Waals surface area contributed by atoms with Gasteiger partial charge in [-0.1, -0.05) is 44.2 Å². The summed E-state index contributed by atoms with van der Waals surface area (Å²) in [5.74, 6) is 1.02. The standard InChI is InChI=1S/C24H24N2O2S2/c1-16(2)17-7-11-20(12-8-17)26-23(28)15-30-24(26)18-5-9-19(10-6-18)25-22(27)14-21-4-3-13-29-21/h3-13,16,24H,14-15H2,1-2H3,(H,25,27)/t24-/m1/s1. The second-order valence-electron chi connectivity index (χ2n) is 7.60. The van der Waals surface area contributed by atoms with Crippen molar-refractivity contribution in [1.29, 1.82) is 0 Å². The van der Waals surface area contributed by atoms with Crippen LogP contribution in [0.3, 0.4) is 0 Å². The molecule has 2 aromatic carbocycles. The summed E-state index contributed by atoms with van der Waals surface area (Å²) in [4.78, 5) is 27.7. The second kappa shape index (κ2) is 9.06. The normalized spacial score (nSPS) is 16.3. The van der Waals surface area contributed by atoms with Crippen molar-refractivity contribution in [3.8, 4) is 0 Å². The summed E-state index contributed by atoms with van der Waals surface area (Å²) in [5, 5.41) is 4.86. The summed E-state index contributed by atoms with van der Waals surface area (Å²) >= 11 is 3.21. The quantitative estimate of drug-likeness (QED) is 0.529. The average molecular weight is 437 g/mol. The minimum atomic E-state index is -0.0572. The first-order valence-corrected chi connectivity index (χ1v) is 11.9. The summed E-state index contributed by atoms with van der Waals surface area (Å²) in [5.41, 5.74) is 4.00. The highest BCUT2D eigenvalue weighted by molar-refractivity contribution is 8.00. The van der Waals surface area contributed by atoms with Gasteiger partial charge in [0.15, 0.2) is 0 Å². The number of rotatable bonds is 6. The molecule has 1 N–H and O–H groups in total. The van der Waals surface area contributed by atoms with Crippen LogP contribution < -0.4 is 10.2 Å². The fraction of sp³-hybridized carbons (Fsp3) is 0.250. The lowest BCUT2D eigenvalue weighted by atomic mass is 10.0. The maximum Gasteiger partial charge on any atom is 0.238 e. The molecule has 4 rings (SSSR count). The van der Waals surface area contributed by atoms with E-state index in [1.807, 2.05) is 58.8 Å². The van der Waals surface area contributed by atoms with Crippen LogP contribution in [0.5, 0.6) is 0 Å². The summed E-state index contributed by atoms with van der Waals surface area (Å²) in [6.07, 6.45) is 0.381. The molecule has 3 aromatic rings. The Kier molecular flexibility index (Phi) is 6.25. The van der Waals surface area contributed by atoms with Crippen molar-refractivity contribution in [3.05, 3.63) is 82.0 Å². The molecule has 30 heavy (non-hydrogen) atoms. The highest BCUT2D eigenvalue weighted by Crippen LogP contribution is 2.42. The van der Waals surface area contributed by atoms with Crippen molar-refractivity contribution in [3.63, 3.8) is 0 Å². The van der Waals surface area contributed by atoms with E-state index in [0.29, 0.717) is 18.1 Å². The molecule has 0 aliphatic carbocycles. The molecule has 1 aliphatic rings. The van der Waals surface area contributed by atoms with Crippen molar-refractivity contribution < 1.29 is 9.59 Å². The Morgan fingerprint density at radius 3 is 2.47 bits per heavy atom. The van der Waals surface area contributed by atoms with E-state index in [2.05, 4.69) is 31.3 Å². The third kappa shape index (κ3) is 4.60. The summed E-state index contributed by atoms with van der Waals surface area (Å²) in [6.45, 7) is 4.32. The molecular formula is C24H24N2O2S2. The van der Waals surface area contributed by atoms with Gasteiger partial charge in [-0.05, 0) is 52.8 Å². The number of hydrogen-bond acceptors (Lipinski definition) is 4. The number of carbonyl (C=O) groups is 2. The zero-order chi connectivity index (χ0) is 21.1. The Hall–Kier alpha value is -2.57. The Morgan fingerprint density at radius 2 is 1.83 bits per heavy atom. The zero-order valence-electron chi connectivity index (χ0n) is 17.0. The minimum absolute atomic E-state index is 0.0255. The van der Waals surface area contributed by atoms with Gasteiger partial charge in [0.05, 0.1) is 12.2 Å². The van der Waals surface area contributed by atoms with E-state index < -0.39 is 0 Å². The molecule has 2 amide bonds. The van der Waals surface area contributed by atoms with Crippen molar-refractivity contribution in [1.82, 2.24) is 0 Å². The first kappa shape index (κ1) is 20.7. The van der Waals surface area contributed by atoms with Crippen LogP contribution in [0.1, 0.15) is 41.1 Å². The van der Waals surface area contributed by atoms with Crippen LogP contribution in [0.25, 0.3) is 0 Å². The SMILES string of the molecule is CC(C)c1ccc(N2C(=O)CS[C@@H]2c2ccc(NC(=O)Cc3cccs3)cc2)cc1. The molecule has 0 saturated carbocycles. The third-order valence-electron chi connectivity index (χ3n) is 5.10. The zero-order valence-corrected chi connectivity index (χ0v) is 18.6. The largest absolute Gasteiger partial charge is 0.326 e. The molecule has 6 heteroatoms. The number of thiophene rings is 1. The van der Waals surface area contributed by atoms with Crippen molar-refractivity contribution in [2.75, 3.05) is 16.0 Å². The van der Waals surface area contributed by atoms with E-state index in [-0.39, 0.29) is 17.2 Å². The van der Waals surface area contributed by atoms with E-state index in [1.165, 1.54) is 5.56 Å². The fourth-order valence-corrected chi connectivity index (χ4v) is 5.36. The number of carbonyl (C=O) groups excluding carboxylic acids is 2. The Bertz CT molecular complexity index is 1010. The Labute approximate surface area is 185 Å². The fourth-order valence-electron chi connectivity index (χ4n) is 3.48.